The molecule has 0 aliphatic carbocycles. The summed E-state index contributed by atoms with van der Waals surface area (Å²) in [5, 5.41) is 0. The van der Waals surface area contributed by atoms with Crippen molar-refractivity contribution in [3.05, 3.63) is 47.7 Å². The summed E-state index contributed by atoms with van der Waals surface area (Å²) in [4.78, 5) is 30.6. The Hall–Kier alpha value is -2.74. The summed E-state index contributed by atoms with van der Waals surface area (Å²) in [6.45, 7) is 8.26. The highest BCUT2D eigenvalue weighted by Crippen LogP contribution is 2.19. The Kier molecular flexibility index (Phi) is 5.62. The van der Waals surface area contributed by atoms with Crippen molar-refractivity contribution in [2.24, 2.45) is 0 Å². The second-order valence-corrected chi connectivity index (χ2v) is 7.70. The van der Waals surface area contributed by atoms with Crippen LogP contribution in [0.3, 0.4) is 0 Å². The van der Waals surface area contributed by atoms with E-state index in [1.165, 1.54) is 12.1 Å². The smallest absolute Gasteiger partial charge is 0.272 e. The van der Waals surface area contributed by atoms with Crippen molar-refractivity contribution in [2.45, 2.75) is 6.92 Å². The first-order valence-corrected chi connectivity index (χ1v) is 10.1. The third kappa shape index (κ3) is 4.48. The summed E-state index contributed by atoms with van der Waals surface area (Å²) >= 11 is 0. The van der Waals surface area contributed by atoms with Crippen LogP contribution in [0.4, 0.5) is 15.9 Å². The van der Waals surface area contributed by atoms with Crippen LogP contribution in [0.2, 0.25) is 0 Å². The van der Waals surface area contributed by atoms with Gasteiger partial charge in [0.15, 0.2) is 0 Å². The third-order valence-electron chi connectivity index (χ3n) is 5.63. The quantitative estimate of drug-likeness (QED) is 0.784. The normalized spacial score (nSPS) is 18.2. The Morgan fingerprint density at radius 1 is 0.897 bits per heavy atom. The van der Waals surface area contributed by atoms with Crippen LogP contribution in [0, 0.1) is 12.7 Å². The van der Waals surface area contributed by atoms with Crippen molar-refractivity contribution < 1.29 is 9.18 Å². The van der Waals surface area contributed by atoms with Gasteiger partial charge in [0.1, 0.15) is 23.2 Å². The Balaban J connectivity index is 1.42. The molecule has 29 heavy (non-hydrogen) atoms. The molecule has 2 fully saturated rings. The number of carbonyl (C=O) groups is 1. The second kappa shape index (κ2) is 8.32. The van der Waals surface area contributed by atoms with Crippen molar-refractivity contribution in [1.29, 1.82) is 0 Å². The summed E-state index contributed by atoms with van der Waals surface area (Å²) in [6.07, 6.45) is 0. The van der Waals surface area contributed by atoms with E-state index in [-0.39, 0.29) is 11.7 Å². The van der Waals surface area contributed by atoms with Crippen molar-refractivity contribution in [1.82, 2.24) is 19.8 Å². The number of amides is 1. The fourth-order valence-electron chi connectivity index (χ4n) is 3.84. The zero-order valence-electron chi connectivity index (χ0n) is 17.0. The van der Waals surface area contributed by atoms with E-state index in [2.05, 4.69) is 31.7 Å². The number of aryl methyl sites for hydroxylation is 1. The molecule has 3 heterocycles. The van der Waals surface area contributed by atoms with Gasteiger partial charge in [-0.2, -0.15) is 0 Å². The summed E-state index contributed by atoms with van der Waals surface area (Å²) in [7, 11) is 2.11. The highest BCUT2D eigenvalue weighted by Gasteiger charge is 2.25. The number of halogens is 1. The number of likely N-dealkylation sites (N-methyl/N-ethyl adjacent to an activating group) is 1. The molecule has 1 amide bonds. The van der Waals surface area contributed by atoms with Crippen LogP contribution in [0.5, 0.6) is 0 Å². The molecule has 2 aromatic rings. The Labute approximate surface area is 170 Å². The number of nitrogens with zero attached hydrogens (tertiary/aromatic N) is 6. The van der Waals surface area contributed by atoms with E-state index in [0.29, 0.717) is 37.7 Å². The topological polar surface area (TPSA) is 55.8 Å². The second-order valence-electron chi connectivity index (χ2n) is 7.70. The van der Waals surface area contributed by atoms with Gasteiger partial charge in [0, 0.05) is 64.1 Å². The average molecular weight is 398 g/mol. The van der Waals surface area contributed by atoms with E-state index in [1.807, 2.05) is 17.9 Å². The molecule has 0 bridgehead atoms. The lowest BCUT2D eigenvalue weighted by molar-refractivity contribution is 0.0740. The zero-order valence-corrected chi connectivity index (χ0v) is 17.0. The minimum atomic E-state index is -0.238. The largest absolute Gasteiger partial charge is 0.368 e. The van der Waals surface area contributed by atoms with Gasteiger partial charge >= 0.3 is 0 Å². The van der Waals surface area contributed by atoms with Gasteiger partial charge in [-0.25, -0.2) is 14.4 Å². The lowest BCUT2D eigenvalue weighted by atomic mass is 10.2. The van der Waals surface area contributed by atoms with E-state index < -0.39 is 0 Å². The van der Waals surface area contributed by atoms with Gasteiger partial charge in [-0.05, 0) is 38.2 Å². The molecule has 2 saturated heterocycles. The number of carbonyl (C=O) groups excluding carboxylic acids is 1. The number of benzene rings is 1. The highest BCUT2D eigenvalue weighted by atomic mass is 19.1. The molecule has 0 atom stereocenters. The Morgan fingerprint density at radius 2 is 1.52 bits per heavy atom. The molecule has 0 saturated carbocycles. The molecule has 2 aliphatic rings. The van der Waals surface area contributed by atoms with Gasteiger partial charge in [-0.1, -0.05) is 0 Å². The first kappa shape index (κ1) is 19.6. The highest BCUT2D eigenvalue weighted by molar-refractivity contribution is 5.93. The molecule has 0 radical (unpaired) electrons. The summed E-state index contributed by atoms with van der Waals surface area (Å²) in [5.74, 6) is 1.16. The minimum Gasteiger partial charge on any atom is -0.368 e. The van der Waals surface area contributed by atoms with Crippen LogP contribution in [-0.2, 0) is 0 Å². The SMILES string of the molecule is Cc1nc(C(=O)N2CCN(c3ccc(F)cc3)CC2)cc(N2CCN(C)CC2)n1. The Morgan fingerprint density at radius 3 is 2.17 bits per heavy atom. The monoisotopic (exact) mass is 398 g/mol. The van der Waals surface area contributed by atoms with Gasteiger partial charge in [-0.15, -0.1) is 0 Å². The van der Waals surface area contributed by atoms with Crippen molar-refractivity contribution >= 4 is 17.4 Å². The maximum atomic E-state index is 13.1. The summed E-state index contributed by atoms with van der Waals surface area (Å²) < 4.78 is 13.1. The molecule has 2 aliphatic heterocycles. The molecule has 0 N–H and O–H groups in total. The standard InChI is InChI=1S/C21H27FN6O/c1-16-23-19(15-20(24-16)27-9-7-25(2)8-10-27)21(29)28-13-11-26(12-14-28)18-5-3-17(22)4-6-18/h3-6,15H,7-14H2,1-2H3. The van der Waals surface area contributed by atoms with E-state index in [1.54, 1.807) is 12.1 Å². The number of aromatic nitrogens is 2. The summed E-state index contributed by atoms with van der Waals surface area (Å²) in [5.41, 5.74) is 1.44. The Bertz CT molecular complexity index is 858. The minimum absolute atomic E-state index is 0.0513. The van der Waals surface area contributed by atoms with Crippen LogP contribution in [-0.4, -0.2) is 85.1 Å². The molecular formula is C21H27FN6O. The van der Waals surface area contributed by atoms with Gasteiger partial charge < -0.3 is 19.6 Å². The molecule has 1 aromatic heterocycles. The molecule has 7 nitrogen and oxygen atoms in total. The first-order valence-electron chi connectivity index (χ1n) is 10.1. The summed E-state index contributed by atoms with van der Waals surface area (Å²) in [6, 6.07) is 8.33. The lowest BCUT2D eigenvalue weighted by Gasteiger charge is -2.36. The van der Waals surface area contributed by atoms with E-state index in [9.17, 15) is 9.18 Å². The fraction of sp³-hybridized carbons (Fsp3) is 0.476. The van der Waals surface area contributed by atoms with Crippen molar-refractivity contribution in [3.63, 3.8) is 0 Å². The van der Waals surface area contributed by atoms with E-state index in [4.69, 9.17) is 0 Å². The number of rotatable bonds is 3. The molecule has 0 spiro atoms. The average Bonchev–Trinajstić information content (AvgIpc) is 2.74. The van der Waals surface area contributed by atoms with Crippen molar-refractivity contribution in [3.8, 4) is 0 Å². The van der Waals surface area contributed by atoms with Crippen LogP contribution < -0.4 is 9.80 Å². The maximum absolute atomic E-state index is 13.1. The molecule has 4 rings (SSSR count). The predicted molar refractivity (Wildman–Crippen MR) is 111 cm³/mol. The van der Waals surface area contributed by atoms with Crippen LogP contribution in [0.1, 0.15) is 16.3 Å². The number of piperazine rings is 2. The van der Waals surface area contributed by atoms with Crippen molar-refractivity contribution in [2.75, 3.05) is 69.2 Å². The lowest BCUT2D eigenvalue weighted by Crippen LogP contribution is -2.49. The van der Waals surface area contributed by atoms with Crippen LogP contribution >= 0.6 is 0 Å². The fourth-order valence-corrected chi connectivity index (χ4v) is 3.84. The third-order valence-corrected chi connectivity index (χ3v) is 5.63. The molecule has 8 heteroatoms. The maximum Gasteiger partial charge on any atom is 0.272 e. The molecule has 154 valence electrons. The van der Waals surface area contributed by atoms with Crippen LogP contribution in [0.25, 0.3) is 0 Å². The molecular weight excluding hydrogens is 371 g/mol. The number of hydrogen-bond acceptors (Lipinski definition) is 6. The first-order chi connectivity index (χ1) is 14.0. The zero-order chi connectivity index (χ0) is 20.4. The van der Waals surface area contributed by atoms with E-state index in [0.717, 1.165) is 37.7 Å². The van der Waals surface area contributed by atoms with Gasteiger partial charge in [0.25, 0.3) is 5.91 Å². The number of hydrogen-bond donors (Lipinski definition) is 0. The van der Waals surface area contributed by atoms with Gasteiger partial charge in [-0.3, -0.25) is 4.79 Å². The predicted octanol–water partition coefficient (Wildman–Crippen LogP) is 1.64. The molecule has 1 aromatic carbocycles. The number of anilines is 2. The van der Waals surface area contributed by atoms with Gasteiger partial charge in [0.05, 0.1) is 0 Å². The van der Waals surface area contributed by atoms with E-state index >= 15 is 0 Å². The van der Waals surface area contributed by atoms with Gasteiger partial charge in [0.2, 0.25) is 0 Å². The van der Waals surface area contributed by atoms with Crippen LogP contribution in [0.15, 0.2) is 30.3 Å². The molecule has 0 unspecified atom stereocenters.